The van der Waals surface area contributed by atoms with Crippen molar-refractivity contribution < 1.29 is 8.42 Å². The number of H-pyrrole nitrogens is 1. The third-order valence-corrected chi connectivity index (χ3v) is 4.47. The molecule has 0 spiro atoms. The molecule has 0 radical (unpaired) electrons. The predicted molar refractivity (Wildman–Crippen MR) is 76.8 cm³/mol. The number of halogens is 1. The number of sulfonamides is 1. The minimum atomic E-state index is -3.59. The van der Waals surface area contributed by atoms with Gasteiger partial charge in [0.1, 0.15) is 0 Å². The minimum absolute atomic E-state index is 0.144. The van der Waals surface area contributed by atoms with E-state index in [1.165, 1.54) is 12.1 Å². The lowest BCUT2D eigenvalue weighted by molar-refractivity contribution is 0.581. The molecule has 20 heavy (non-hydrogen) atoms. The van der Waals surface area contributed by atoms with Gasteiger partial charge in [-0.1, -0.05) is 17.7 Å². The Bertz CT molecular complexity index is 671. The Morgan fingerprint density at radius 3 is 2.75 bits per heavy atom. The maximum atomic E-state index is 12.1. The SMILES string of the molecule is CNCc1ccc(S(=O)(=O)NCc2cn[nH]c2)cc1Cl. The molecule has 0 fully saturated rings. The van der Waals surface area contributed by atoms with Crippen molar-refractivity contribution in [2.45, 2.75) is 18.0 Å². The summed E-state index contributed by atoms with van der Waals surface area (Å²) in [5.41, 5.74) is 1.61. The highest BCUT2D eigenvalue weighted by molar-refractivity contribution is 7.89. The maximum Gasteiger partial charge on any atom is 0.240 e. The Morgan fingerprint density at radius 2 is 2.15 bits per heavy atom. The second-order valence-corrected chi connectivity index (χ2v) is 6.39. The van der Waals surface area contributed by atoms with E-state index in [9.17, 15) is 8.42 Å². The van der Waals surface area contributed by atoms with Crippen LogP contribution in [0.2, 0.25) is 5.02 Å². The zero-order valence-electron chi connectivity index (χ0n) is 10.9. The Kier molecular flexibility index (Phi) is 4.77. The predicted octanol–water partition coefficient (Wildman–Crippen LogP) is 1.26. The number of nitrogens with zero attached hydrogens (tertiary/aromatic N) is 1. The van der Waals surface area contributed by atoms with Gasteiger partial charge in [-0.15, -0.1) is 0 Å². The van der Waals surface area contributed by atoms with Crippen molar-refractivity contribution in [1.29, 1.82) is 0 Å². The Balaban J connectivity index is 2.14. The van der Waals surface area contributed by atoms with Crippen LogP contribution in [0.1, 0.15) is 11.1 Å². The van der Waals surface area contributed by atoms with Gasteiger partial charge >= 0.3 is 0 Å². The van der Waals surface area contributed by atoms with Gasteiger partial charge in [-0.2, -0.15) is 5.10 Å². The zero-order chi connectivity index (χ0) is 14.6. The summed E-state index contributed by atoms with van der Waals surface area (Å²) in [6, 6.07) is 4.69. The quantitative estimate of drug-likeness (QED) is 0.749. The van der Waals surface area contributed by atoms with Crippen LogP contribution < -0.4 is 10.0 Å². The Labute approximate surface area is 122 Å². The molecule has 0 saturated carbocycles. The second kappa shape index (κ2) is 6.36. The number of hydrogen-bond acceptors (Lipinski definition) is 4. The van der Waals surface area contributed by atoms with E-state index in [1.807, 2.05) is 0 Å². The number of rotatable bonds is 6. The first kappa shape index (κ1) is 15.0. The highest BCUT2D eigenvalue weighted by Crippen LogP contribution is 2.20. The number of benzene rings is 1. The first-order chi connectivity index (χ1) is 9.53. The molecule has 0 saturated heterocycles. The van der Waals surface area contributed by atoms with Crippen LogP contribution in [0.3, 0.4) is 0 Å². The molecule has 0 unspecified atom stereocenters. The molecule has 0 amide bonds. The lowest BCUT2D eigenvalue weighted by atomic mass is 10.2. The van der Waals surface area contributed by atoms with Crippen LogP contribution >= 0.6 is 11.6 Å². The zero-order valence-corrected chi connectivity index (χ0v) is 12.4. The van der Waals surface area contributed by atoms with E-state index in [4.69, 9.17) is 11.6 Å². The molecule has 3 N–H and O–H groups in total. The smallest absolute Gasteiger partial charge is 0.240 e. The topological polar surface area (TPSA) is 86.9 Å². The number of aromatic nitrogens is 2. The van der Waals surface area contributed by atoms with Gasteiger partial charge < -0.3 is 5.32 Å². The molecule has 8 heteroatoms. The van der Waals surface area contributed by atoms with E-state index >= 15 is 0 Å². The molecule has 2 aromatic rings. The Hall–Kier alpha value is -1.41. The van der Waals surface area contributed by atoms with Crippen molar-refractivity contribution in [2.24, 2.45) is 0 Å². The summed E-state index contributed by atoms with van der Waals surface area (Å²) >= 11 is 6.07. The molecule has 1 aromatic carbocycles. The molecule has 0 atom stereocenters. The molecule has 0 aliphatic heterocycles. The van der Waals surface area contributed by atoms with E-state index < -0.39 is 10.0 Å². The van der Waals surface area contributed by atoms with E-state index in [-0.39, 0.29) is 11.4 Å². The van der Waals surface area contributed by atoms with Crippen LogP contribution in [0.25, 0.3) is 0 Å². The van der Waals surface area contributed by atoms with Gasteiger partial charge in [0.25, 0.3) is 0 Å². The second-order valence-electron chi connectivity index (χ2n) is 4.21. The fraction of sp³-hybridized carbons (Fsp3) is 0.250. The number of nitrogens with one attached hydrogen (secondary N) is 3. The first-order valence-electron chi connectivity index (χ1n) is 5.93. The van der Waals surface area contributed by atoms with Crippen molar-refractivity contribution in [2.75, 3.05) is 7.05 Å². The van der Waals surface area contributed by atoms with Gasteiger partial charge in [-0.25, -0.2) is 13.1 Å². The highest BCUT2D eigenvalue weighted by atomic mass is 35.5. The molecule has 108 valence electrons. The van der Waals surface area contributed by atoms with Gasteiger partial charge in [-0.3, -0.25) is 5.10 Å². The van der Waals surface area contributed by atoms with Crippen molar-refractivity contribution in [3.63, 3.8) is 0 Å². The van der Waals surface area contributed by atoms with Crippen molar-refractivity contribution in [3.8, 4) is 0 Å². The molecule has 1 aromatic heterocycles. The Morgan fingerprint density at radius 1 is 1.35 bits per heavy atom. The summed E-state index contributed by atoms with van der Waals surface area (Å²) in [6.07, 6.45) is 3.19. The third kappa shape index (κ3) is 3.57. The molecule has 6 nitrogen and oxygen atoms in total. The van der Waals surface area contributed by atoms with Crippen LogP contribution in [0.4, 0.5) is 0 Å². The van der Waals surface area contributed by atoms with Crippen LogP contribution in [-0.2, 0) is 23.1 Å². The number of hydrogen-bond donors (Lipinski definition) is 3. The van der Waals surface area contributed by atoms with Crippen molar-refractivity contribution in [3.05, 3.63) is 46.7 Å². The van der Waals surface area contributed by atoms with Crippen LogP contribution in [-0.4, -0.2) is 25.7 Å². The normalized spacial score (nSPS) is 11.7. The standard InChI is InChI=1S/C12H15ClN4O2S/c1-14-8-10-2-3-11(4-12(10)13)20(18,19)17-7-9-5-15-16-6-9/h2-6,14,17H,7-8H2,1H3,(H,15,16). The highest BCUT2D eigenvalue weighted by Gasteiger charge is 2.15. The van der Waals surface area contributed by atoms with Crippen LogP contribution in [0.5, 0.6) is 0 Å². The van der Waals surface area contributed by atoms with Gasteiger partial charge in [0.05, 0.1) is 11.1 Å². The van der Waals surface area contributed by atoms with E-state index in [1.54, 1.807) is 25.5 Å². The summed E-state index contributed by atoms with van der Waals surface area (Å²) < 4.78 is 26.8. The molecule has 0 aliphatic rings. The van der Waals surface area contributed by atoms with E-state index in [2.05, 4.69) is 20.2 Å². The van der Waals surface area contributed by atoms with E-state index in [0.29, 0.717) is 11.6 Å². The van der Waals surface area contributed by atoms with Gasteiger partial charge in [0.2, 0.25) is 10.0 Å². The molecular formula is C12H15ClN4O2S. The summed E-state index contributed by atoms with van der Waals surface area (Å²) in [5.74, 6) is 0. The minimum Gasteiger partial charge on any atom is -0.316 e. The average Bonchev–Trinajstić information content (AvgIpc) is 2.92. The molecule has 2 rings (SSSR count). The lowest BCUT2D eigenvalue weighted by Crippen LogP contribution is -2.23. The van der Waals surface area contributed by atoms with Crippen molar-refractivity contribution >= 4 is 21.6 Å². The first-order valence-corrected chi connectivity index (χ1v) is 7.79. The average molecular weight is 315 g/mol. The molecule has 0 aliphatic carbocycles. The fourth-order valence-corrected chi connectivity index (χ4v) is 3.02. The number of aromatic amines is 1. The maximum absolute atomic E-state index is 12.1. The monoisotopic (exact) mass is 314 g/mol. The summed E-state index contributed by atoms with van der Waals surface area (Å²) in [4.78, 5) is 0.144. The third-order valence-electron chi connectivity index (χ3n) is 2.72. The fourth-order valence-electron chi connectivity index (χ4n) is 1.66. The summed E-state index contributed by atoms with van der Waals surface area (Å²) in [6.45, 7) is 0.760. The van der Waals surface area contributed by atoms with Gasteiger partial charge in [0.15, 0.2) is 0 Å². The van der Waals surface area contributed by atoms with Crippen LogP contribution in [0, 0.1) is 0 Å². The van der Waals surface area contributed by atoms with Gasteiger partial charge in [0, 0.05) is 29.9 Å². The molecule has 1 heterocycles. The lowest BCUT2D eigenvalue weighted by Gasteiger charge is -2.08. The van der Waals surface area contributed by atoms with Crippen LogP contribution in [0.15, 0.2) is 35.5 Å². The summed E-state index contributed by atoms with van der Waals surface area (Å²) in [7, 11) is -1.79. The van der Waals surface area contributed by atoms with Crippen molar-refractivity contribution in [1.82, 2.24) is 20.2 Å². The largest absolute Gasteiger partial charge is 0.316 e. The summed E-state index contributed by atoms with van der Waals surface area (Å²) in [5, 5.41) is 9.77. The molecule has 0 bridgehead atoms. The van der Waals surface area contributed by atoms with E-state index in [0.717, 1.165) is 11.1 Å². The van der Waals surface area contributed by atoms with Gasteiger partial charge in [-0.05, 0) is 24.7 Å². The molecular weight excluding hydrogens is 300 g/mol.